The van der Waals surface area contributed by atoms with E-state index in [-0.39, 0.29) is 11.7 Å². The minimum atomic E-state index is -0.211. The zero-order valence-electron chi connectivity index (χ0n) is 15.2. The second-order valence-electron chi connectivity index (χ2n) is 6.77. The molecule has 0 atom stereocenters. The number of thioether (sulfide) groups is 1. The maximum Gasteiger partial charge on any atom is 0.234 e. The van der Waals surface area contributed by atoms with Gasteiger partial charge in [-0.1, -0.05) is 76.9 Å². The highest BCUT2D eigenvalue weighted by molar-refractivity contribution is 7.99. The van der Waals surface area contributed by atoms with Crippen molar-refractivity contribution < 1.29 is 4.79 Å². The summed E-state index contributed by atoms with van der Waals surface area (Å²) in [6, 6.07) is 13.2. The summed E-state index contributed by atoms with van der Waals surface area (Å²) in [5.41, 5.74) is 1.60. The Morgan fingerprint density at radius 3 is 2.52 bits per heavy atom. The van der Waals surface area contributed by atoms with E-state index >= 15 is 0 Å². The third-order valence-corrected chi connectivity index (χ3v) is 6.49. The molecule has 1 aliphatic carbocycles. The van der Waals surface area contributed by atoms with Crippen molar-refractivity contribution in [3.05, 3.63) is 68.9 Å². The van der Waals surface area contributed by atoms with Gasteiger partial charge in [-0.3, -0.25) is 4.79 Å². The lowest BCUT2D eigenvalue weighted by Crippen LogP contribution is -2.15. The predicted molar refractivity (Wildman–Crippen MR) is 118 cm³/mol. The first kappa shape index (κ1) is 20.5. The molecule has 0 spiro atoms. The van der Waals surface area contributed by atoms with Crippen molar-refractivity contribution in [2.24, 2.45) is 0 Å². The molecule has 0 aliphatic heterocycles. The van der Waals surface area contributed by atoms with Crippen LogP contribution in [0.4, 0.5) is 5.69 Å². The number of anilines is 1. The van der Waals surface area contributed by atoms with Crippen molar-refractivity contribution in [2.45, 2.75) is 30.5 Å². The molecule has 1 amide bonds. The molecule has 3 aromatic rings. The predicted octanol–water partition coefficient (Wildman–Crippen LogP) is 5.89. The van der Waals surface area contributed by atoms with E-state index in [1.54, 1.807) is 0 Å². The zero-order valence-corrected chi connectivity index (χ0v) is 18.3. The van der Waals surface area contributed by atoms with Crippen LogP contribution >= 0.6 is 46.6 Å². The van der Waals surface area contributed by atoms with E-state index in [9.17, 15) is 4.79 Å². The Labute approximate surface area is 187 Å². The van der Waals surface area contributed by atoms with Gasteiger partial charge in [0, 0.05) is 5.92 Å². The zero-order chi connectivity index (χ0) is 20.4. The lowest BCUT2D eigenvalue weighted by molar-refractivity contribution is -0.113. The number of rotatable bonds is 7. The minimum absolute atomic E-state index is 0.175. The summed E-state index contributed by atoms with van der Waals surface area (Å²) in [6.45, 7) is 0.683. The molecule has 150 valence electrons. The Morgan fingerprint density at radius 2 is 1.79 bits per heavy atom. The van der Waals surface area contributed by atoms with Gasteiger partial charge in [-0.25, -0.2) is 0 Å². The molecular formula is C20H17Cl3N4OS. The van der Waals surface area contributed by atoms with Gasteiger partial charge < -0.3 is 9.88 Å². The number of benzene rings is 2. The van der Waals surface area contributed by atoms with Crippen molar-refractivity contribution in [3.8, 4) is 0 Å². The number of hydrogen-bond acceptors (Lipinski definition) is 4. The Bertz CT molecular complexity index is 1040. The van der Waals surface area contributed by atoms with Crippen molar-refractivity contribution in [3.63, 3.8) is 0 Å². The lowest BCUT2D eigenvalue weighted by atomic mass is 10.2. The Balaban J connectivity index is 1.45. The van der Waals surface area contributed by atoms with Crippen LogP contribution in [0, 0.1) is 0 Å². The van der Waals surface area contributed by atoms with E-state index in [0.717, 1.165) is 23.8 Å². The number of halogens is 3. The molecule has 4 rings (SSSR count). The number of carbonyl (C=O) groups is 1. The van der Waals surface area contributed by atoms with Crippen molar-refractivity contribution in [2.75, 3.05) is 11.1 Å². The summed E-state index contributed by atoms with van der Waals surface area (Å²) in [4.78, 5) is 12.4. The van der Waals surface area contributed by atoms with Crippen LogP contribution in [0.2, 0.25) is 15.1 Å². The number of hydrogen-bond donors (Lipinski definition) is 1. The molecule has 2 aromatic carbocycles. The maximum absolute atomic E-state index is 12.4. The van der Waals surface area contributed by atoms with Gasteiger partial charge in [-0.05, 0) is 30.5 Å². The fraction of sp³-hybridized carbons (Fsp3) is 0.250. The van der Waals surface area contributed by atoms with Crippen LogP contribution in [-0.2, 0) is 11.3 Å². The molecule has 1 aliphatic rings. The van der Waals surface area contributed by atoms with E-state index < -0.39 is 0 Å². The van der Waals surface area contributed by atoms with Gasteiger partial charge in [0.1, 0.15) is 5.82 Å². The van der Waals surface area contributed by atoms with Crippen LogP contribution < -0.4 is 5.32 Å². The minimum Gasteiger partial charge on any atom is -0.324 e. The molecule has 0 bridgehead atoms. The van der Waals surface area contributed by atoms with Crippen LogP contribution in [0.5, 0.6) is 0 Å². The largest absolute Gasteiger partial charge is 0.324 e. The van der Waals surface area contributed by atoms with Crippen LogP contribution in [0.15, 0.2) is 47.6 Å². The number of aromatic nitrogens is 3. The quantitative estimate of drug-likeness (QED) is 0.347. The van der Waals surface area contributed by atoms with Gasteiger partial charge >= 0.3 is 0 Å². The highest BCUT2D eigenvalue weighted by Crippen LogP contribution is 2.40. The van der Waals surface area contributed by atoms with Crippen molar-refractivity contribution >= 4 is 58.2 Å². The average molecular weight is 468 g/mol. The molecule has 1 fully saturated rings. The number of nitrogens with one attached hydrogen (secondary N) is 1. The van der Waals surface area contributed by atoms with Gasteiger partial charge in [0.05, 0.1) is 33.1 Å². The highest BCUT2D eigenvalue weighted by atomic mass is 35.5. The molecule has 1 aromatic heterocycles. The summed E-state index contributed by atoms with van der Waals surface area (Å²) < 4.78 is 2.11. The number of nitrogens with zero attached hydrogens (tertiary/aromatic N) is 3. The van der Waals surface area contributed by atoms with Crippen molar-refractivity contribution in [1.29, 1.82) is 0 Å². The molecule has 1 N–H and O–H groups in total. The number of carbonyl (C=O) groups excluding carboxylic acids is 1. The summed E-state index contributed by atoms with van der Waals surface area (Å²) in [5.74, 6) is 1.42. The van der Waals surface area contributed by atoms with Gasteiger partial charge in [-0.2, -0.15) is 0 Å². The summed E-state index contributed by atoms with van der Waals surface area (Å²) in [7, 11) is 0. The second-order valence-corrected chi connectivity index (χ2v) is 8.93. The SMILES string of the molecule is O=C(CSc1nnc(C2CC2)n1Cc1ccccc1)Nc1cc(Cl)c(Cl)cc1Cl. The van der Waals surface area contributed by atoms with Gasteiger partial charge in [0.2, 0.25) is 5.91 Å². The molecule has 9 heteroatoms. The lowest BCUT2D eigenvalue weighted by Gasteiger charge is -2.11. The third kappa shape index (κ3) is 5.07. The molecule has 1 heterocycles. The Hall–Kier alpha value is -1.73. The van der Waals surface area contributed by atoms with E-state index in [1.807, 2.05) is 18.2 Å². The molecule has 29 heavy (non-hydrogen) atoms. The van der Waals surface area contributed by atoms with Crippen molar-refractivity contribution in [1.82, 2.24) is 14.8 Å². The Morgan fingerprint density at radius 1 is 1.07 bits per heavy atom. The third-order valence-electron chi connectivity index (χ3n) is 4.49. The molecule has 0 radical (unpaired) electrons. The standard InChI is InChI=1S/C20H17Cl3N4OS/c21-14-8-16(23)17(9-15(14)22)24-18(28)11-29-20-26-25-19(13-6-7-13)27(20)10-12-4-2-1-3-5-12/h1-5,8-9,13H,6-7,10-11H2,(H,24,28). The van der Waals surface area contributed by atoms with Gasteiger partial charge in [-0.15, -0.1) is 10.2 Å². The monoisotopic (exact) mass is 466 g/mol. The average Bonchev–Trinajstić information content (AvgIpc) is 3.47. The van der Waals surface area contributed by atoms with E-state index in [0.29, 0.717) is 33.2 Å². The van der Waals surface area contributed by atoms with Crippen LogP contribution in [-0.4, -0.2) is 26.4 Å². The maximum atomic E-state index is 12.4. The first-order valence-corrected chi connectivity index (χ1v) is 11.2. The summed E-state index contributed by atoms with van der Waals surface area (Å²) >= 11 is 19.4. The van der Waals surface area contributed by atoms with E-state index in [4.69, 9.17) is 34.8 Å². The molecule has 0 unspecified atom stereocenters. The molecule has 5 nitrogen and oxygen atoms in total. The van der Waals surface area contributed by atoms with Crippen LogP contribution in [0.1, 0.15) is 30.1 Å². The first-order valence-electron chi connectivity index (χ1n) is 9.05. The summed E-state index contributed by atoms with van der Waals surface area (Å²) in [5, 5.41) is 13.2. The van der Waals surface area contributed by atoms with Gasteiger partial charge in [0.25, 0.3) is 0 Å². The van der Waals surface area contributed by atoms with E-state index in [1.165, 1.54) is 29.5 Å². The second kappa shape index (κ2) is 8.96. The highest BCUT2D eigenvalue weighted by Gasteiger charge is 2.30. The van der Waals surface area contributed by atoms with Crippen LogP contribution in [0.3, 0.4) is 0 Å². The molecule has 1 saturated carbocycles. The normalized spacial score (nSPS) is 13.5. The number of amides is 1. The summed E-state index contributed by atoms with van der Waals surface area (Å²) in [6.07, 6.45) is 2.27. The fourth-order valence-corrected chi connectivity index (χ4v) is 4.24. The first-order chi connectivity index (χ1) is 14.0. The Kier molecular flexibility index (Phi) is 6.35. The molecule has 0 saturated heterocycles. The smallest absolute Gasteiger partial charge is 0.234 e. The topological polar surface area (TPSA) is 59.8 Å². The van der Waals surface area contributed by atoms with Crippen LogP contribution in [0.25, 0.3) is 0 Å². The fourth-order valence-electron chi connectivity index (χ4n) is 2.90. The molecular weight excluding hydrogens is 451 g/mol. The van der Waals surface area contributed by atoms with Gasteiger partial charge in [0.15, 0.2) is 5.16 Å². The van der Waals surface area contributed by atoms with E-state index in [2.05, 4.69) is 32.2 Å².